The first-order valence-corrected chi connectivity index (χ1v) is 4.76. The number of nitrogens with one attached hydrogen (secondary N) is 1. The summed E-state index contributed by atoms with van der Waals surface area (Å²) in [6.45, 7) is 1.23. The molecule has 92 valence electrons. The highest BCUT2D eigenvalue weighted by Crippen LogP contribution is 2.24. The number of benzene rings is 1. The molecule has 0 spiro atoms. The molecule has 0 saturated heterocycles. The van der Waals surface area contributed by atoms with E-state index in [0.717, 1.165) is 12.1 Å². The highest BCUT2D eigenvalue weighted by Gasteiger charge is 2.13. The van der Waals surface area contributed by atoms with Gasteiger partial charge in [0.05, 0.1) is 19.2 Å². The van der Waals surface area contributed by atoms with Crippen molar-refractivity contribution in [1.82, 2.24) is 0 Å². The van der Waals surface area contributed by atoms with E-state index < -0.39 is 17.5 Å². The summed E-state index contributed by atoms with van der Waals surface area (Å²) in [4.78, 5) is 21.8. The van der Waals surface area contributed by atoms with Crippen LogP contribution in [-0.2, 0) is 9.59 Å². The Morgan fingerprint density at radius 1 is 1.29 bits per heavy atom. The van der Waals surface area contributed by atoms with Gasteiger partial charge in [0.15, 0.2) is 17.4 Å². The molecule has 0 bridgehead atoms. The van der Waals surface area contributed by atoms with Crippen LogP contribution in [-0.4, -0.2) is 18.8 Å². The van der Waals surface area contributed by atoms with Crippen LogP contribution in [0.1, 0.15) is 13.3 Å². The second-order valence-electron chi connectivity index (χ2n) is 3.39. The predicted octanol–water partition coefficient (Wildman–Crippen LogP) is 1.89. The van der Waals surface area contributed by atoms with Gasteiger partial charge in [-0.2, -0.15) is 0 Å². The number of rotatable bonds is 4. The lowest BCUT2D eigenvalue weighted by Crippen LogP contribution is -2.15. The zero-order valence-electron chi connectivity index (χ0n) is 9.34. The van der Waals surface area contributed by atoms with Gasteiger partial charge in [0, 0.05) is 12.1 Å². The summed E-state index contributed by atoms with van der Waals surface area (Å²) in [5.74, 6) is -2.95. The molecule has 0 fully saturated rings. The van der Waals surface area contributed by atoms with Crippen molar-refractivity contribution in [1.29, 1.82) is 0 Å². The second-order valence-corrected chi connectivity index (χ2v) is 3.39. The van der Waals surface area contributed by atoms with Crippen LogP contribution in [0.3, 0.4) is 0 Å². The van der Waals surface area contributed by atoms with Crippen molar-refractivity contribution in [2.24, 2.45) is 0 Å². The molecule has 1 aromatic carbocycles. The third-order valence-electron chi connectivity index (χ3n) is 1.93. The number of hydrogen-bond acceptors (Lipinski definition) is 3. The van der Waals surface area contributed by atoms with Crippen molar-refractivity contribution < 1.29 is 23.1 Å². The molecule has 0 aliphatic rings. The average molecular weight is 243 g/mol. The summed E-state index contributed by atoms with van der Waals surface area (Å²) in [7, 11) is 1.20. The SMILES string of the molecule is COc1cc(F)c(NC(=O)CC(C)=O)cc1F. The maximum absolute atomic E-state index is 13.4. The number of halogens is 2. The normalized spacial score (nSPS) is 9.88. The lowest BCUT2D eigenvalue weighted by Gasteiger charge is -2.08. The molecule has 0 saturated carbocycles. The monoisotopic (exact) mass is 243 g/mol. The van der Waals surface area contributed by atoms with Crippen molar-refractivity contribution in [2.75, 3.05) is 12.4 Å². The minimum absolute atomic E-state index is 0.257. The fourth-order valence-electron chi connectivity index (χ4n) is 1.20. The number of carbonyl (C=O) groups excluding carboxylic acids is 2. The van der Waals surface area contributed by atoms with Crippen molar-refractivity contribution in [3.63, 3.8) is 0 Å². The first-order chi connectivity index (χ1) is 7.93. The highest BCUT2D eigenvalue weighted by molar-refractivity contribution is 6.03. The second kappa shape index (κ2) is 5.38. The van der Waals surface area contributed by atoms with Gasteiger partial charge >= 0.3 is 0 Å². The van der Waals surface area contributed by atoms with Crippen LogP contribution in [0, 0.1) is 11.6 Å². The molecular weight excluding hydrogens is 232 g/mol. The molecule has 1 amide bonds. The number of Topliss-reactive ketones (excluding diaryl/α,β-unsaturated/α-hetero) is 1. The molecule has 0 radical (unpaired) electrons. The molecule has 17 heavy (non-hydrogen) atoms. The zero-order valence-corrected chi connectivity index (χ0v) is 9.34. The maximum Gasteiger partial charge on any atom is 0.231 e. The summed E-state index contributed by atoms with van der Waals surface area (Å²) >= 11 is 0. The summed E-state index contributed by atoms with van der Waals surface area (Å²) in [5, 5.41) is 2.10. The molecule has 0 aromatic heterocycles. The topological polar surface area (TPSA) is 55.4 Å². The first-order valence-electron chi connectivity index (χ1n) is 4.76. The van der Waals surface area contributed by atoms with Crippen LogP contribution in [0.15, 0.2) is 12.1 Å². The van der Waals surface area contributed by atoms with Crippen LogP contribution in [0.4, 0.5) is 14.5 Å². The van der Waals surface area contributed by atoms with Crippen molar-refractivity contribution in [3.05, 3.63) is 23.8 Å². The number of amides is 1. The number of anilines is 1. The summed E-state index contributed by atoms with van der Waals surface area (Å²) in [6.07, 6.45) is -0.382. The quantitative estimate of drug-likeness (QED) is 0.821. The van der Waals surface area contributed by atoms with E-state index in [1.165, 1.54) is 14.0 Å². The van der Waals surface area contributed by atoms with Crippen LogP contribution in [0.2, 0.25) is 0 Å². The zero-order chi connectivity index (χ0) is 13.0. The van der Waals surface area contributed by atoms with Gasteiger partial charge in [0.25, 0.3) is 0 Å². The van der Waals surface area contributed by atoms with Crippen LogP contribution in [0.5, 0.6) is 5.75 Å². The lowest BCUT2D eigenvalue weighted by molar-refractivity contribution is -0.124. The molecule has 1 aromatic rings. The molecular formula is C11H11F2NO3. The van der Waals surface area contributed by atoms with Crippen LogP contribution >= 0.6 is 0 Å². The minimum Gasteiger partial charge on any atom is -0.494 e. The Bertz CT molecular complexity index is 460. The van der Waals surface area contributed by atoms with Gasteiger partial charge < -0.3 is 10.1 Å². The van der Waals surface area contributed by atoms with Crippen LogP contribution in [0.25, 0.3) is 0 Å². The number of carbonyl (C=O) groups is 2. The number of ketones is 1. The molecule has 1 rings (SSSR count). The van der Waals surface area contributed by atoms with Gasteiger partial charge in [0.2, 0.25) is 5.91 Å². The van der Waals surface area contributed by atoms with E-state index in [1.54, 1.807) is 0 Å². The Hall–Kier alpha value is -1.98. The van der Waals surface area contributed by atoms with Gasteiger partial charge in [-0.3, -0.25) is 9.59 Å². The Labute approximate surface area is 96.6 Å². The third kappa shape index (κ3) is 3.51. The van der Waals surface area contributed by atoms with Gasteiger partial charge in [-0.15, -0.1) is 0 Å². The van der Waals surface area contributed by atoms with Gasteiger partial charge in [-0.05, 0) is 6.92 Å². The maximum atomic E-state index is 13.4. The Balaban J connectivity index is 2.88. The molecule has 0 heterocycles. The van der Waals surface area contributed by atoms with Crippen molar-refractivity contribution in [3.8, 4) is 5.75 Å². The van der Waals surface area contributed by atoms with E-state index in [4.69, 9.17) is 0 Å². The Kier molecular flexibility index (Phi) is 4.14. The average Bonchev–Trinajstić information content (AvgIpc) is 2.21. The Morgan fingerprint density at radius 3 is 2.47 bits per heavy atom. The standard InChI is InChI=1S/C11H11F2NO3/c1-6(15)3-11(16)14-9-4-8(13)10(17-2)5-7(9)12/h4-5H,3H2,1-2H3,(H,14,16). The van der Waals surface area contributed by atoms with E-state index in [-0.39, 0.29) is 23.6 Å². The molecule has 0 aliphatic heterocycles. The van der Waals surface area contributed by atoms with E-state index in [0.29, 0.717) is 0 Å². The van der Waals surface area contributed by atoms with E-state index in [2.05, 4.69) is 10.1 Å². The van der Waals surface area contributed by atoms with Crippen LogP contribution < -0.4 is 10.1 Å². The molecule has 0 atom stereocenters. The smallest absolute Gasteiger partial charge is 0.231 e. The summed E-state index contributed by atoms with van der Waals surface area (Å²) in [5.41, 5.74) is -0.324. The molecule has 1 N–H and O–H groups in total. The predicted molar refractivity (Wildman–Crippen MR) is 56.8 cm³/mol. The third-order valence-corrected chi connectivity index (χ3v) is 1.93. The fraction of sp³-hybridized carbons (Fsp3) is 0.273. The number of methoxy groups -OCH3 is 1. The van der Waals surface area contributed by atoms with E-state index >= 15 is 0 Å². The molecule has 0 unspecified atom stereocenters. The number of ether oxygens (including phenoxy) is 1. The van der Waals surface area contributed by atoms with Crippen molar-refractivity contribution in [2.45, 2.75) is 13.3 Å². The highest BCUT2D eigenvalue weighted by atomic mass is 19.1. The minimum atomic E-state index is -0.833. The fourth-order valence-corrected chi connectivity index (χ4v) is 1.20. The largest absolute Gasteiger partial charge is 0.494 e. The van der Waals surface area contributed by atoms with Gasteiger partial charge in [-0.1, -0.05) is 0 Å². The summed E-state index contributed by atoms with van der Waals surface area (Å²) < 4.78 is 31.2. The van der Waals surface area contributed by atoms with E-state index in [1.807, 2.05) is 0 Å². The molecule has 0 aliphatic carbocycles. The van der Waals surface area contributed by atoms with E-state index in [9.17, 15) is 18.4 Å². The van der Waals surface area contributed by atoms with Gasteiger partial charge in [0.1, 0.15) is 5.78 Å². The van der Waals surface area contributed by atoms with Crippen molar-refractivity contribution >= 4 is 17.4 Å². The molecule has 6 heteroatoms. The number of hydrogen-bond donors (Lipinski definition) is 1. The molecule has 4 nitrogen and oxygen atoms in total. The Morgan fingerprint density at radius 2 is 1.94 bits per heavy atom. The lowest BCUT2D eigenvalue weighted by atomic mass is 10.2. The van der Waals surface area contributed by atoms with Gasteiger partial charge in [-0.25, -0.2) is 8.78 Å². The summed E-state index contributed by atoms with van der Waals surface area (Å²) in [6, 6.07) is 1.62. The first kappa shape index (κ1) is 13.1.